The fourth-order valence-corrected chi connectivity index (χ4v) is 3.53. The van der Waals surface area contributed by atoms with E-state index in [1.165, 1.54) is 23.0 Å². The predicted molar refractivity (Wildman–Crippen MR) is 104 cm³/mol. The van der Waals surface area contributed by atoms with Gasteiger partial charge in [-0.25, -0.2) is 13.1 Å². The zero-order valence-electron chi connectivity index (χ0n) is 13.2. The number of sulfone groups is 1. The summed E-state index contributed by atoms with van der Waals surface area (Å²) in [5, 5.41) is 4.17. The first kappa shape index (κ1) is 17.6. The summed E-state index contributed by atoms with van der Waals surface area (Å²) >= 11 is 2.14. The maximum Gasteiger partial charge on any atom is 0.198 e. The van der Waals surface area contributed by atoms with E-state index in [1.807, 2.05) is 6.07 Å². The standard InChI is InChI=1S/C17H14IN3O3S/c1-25(23,24)14-7-5-13(6-8-14)21-17(19)15(10-20-21)16(22)11-3-2-4-12(18)9-11/h2-10H,19H2,1H3. The monoisotopic (exact) mass is 467 g/mol. The summed E-state index contributed by atoms with van der Waals surface area (Å²) in [5.41, 5.74) is 7.50. The van der Waals surface area contributed by atoms with Crippen LogP contribution in [0.15, 0.2) is 59.6 Å². The van der Waals surface area contributed by atoms with Crippen LogP contribution in [0.3, 0.4) is 0 Å². The zero-order valence-corrected chi connectivity index (χ0v) is 16.2. The summed E-state index contributed by atoms with van der Waals surface area (Å²) in [5.74, 6) is -0.00834. The average molecular weight is 467 g/mol. The fraction of sp³-hybridized carbons (Fsp3) is 0.0588. The Morgan fingerprint density at radius 3 is 2.44 bits per heavy atom. The average Bonchev–Trinajstić information content (AvgIpc) is 2.95. The molecule has 0 aliphatic carbocycles. The van der Waals surface area contributed by atoms with Crippen LogP contribution < -0.4 is 5.73 Å². The van der Waals surface area contributed by atoms with Crippen LogP contribution in [0.5, 0.6) is 0 Å². The quantitative estimate of drug-likeness (QED) is 0.471. The van der Waals surface area contributed by atoms with Crippen LogP contribution in [-0.4, -0.2) is 30.2 Å². The highest BCUT2D eigenvalue weighted by atomic mass is 127. The fourth-order valence-electron chi connectivity index (χ4n) is 2.36. The van der Waals surface area contributed by atoms with Gasteiger partial charge in [-0.15, -0.1) is 0 Å². The Balaban J connectivity index is 1.97. The first-order valence-electron chi connectivity index (χ1n) is 7.21. The van der Waals surface area contributed by atoms with Crippen molar-refractivity contribution in [2.75, 3.05) is 12.0 Å². The Morgan fingerprint density at radius 2 is 1.84 bits per heavy atom. The lowest BCUT2D eigenvalue weighted by molar-refractivity contribution is 0.103. The molecule has 128 valence electrons. The van der Waals surface area contributed by atoms with Gasteiger partial charge in [-0.05, 0) is 59.0 Å². The molecule has 3 aromatic rings. The number of carbonyl (C=O) groups is 1. The molecule has 0 unspecified atom stereocenters. The molecule has 0 aliphatic rings. The van der Waals surface area contributed by atoms with Gasteiger partial charge in [-0.1, -0.05) is 12.1 Å². The van der Waals surface area contributed by atoms with E-state index in [1.54, 1.807) is 30.3 Å². The summed E-state index contributed by atoms with van der Waals surface area (Å²) < 4.78 is 25.4. The Bertz CT molecular complexity index is 1060. The smallest absolute Gasteiger partial charge is 0.198 e. The van der Waals surface area contributed by atoms with E-state index < -0.39 is 9.84 Å². The van der Waals surface area contributed by atoms with Gasteiger partial charge in [-0.2, -0.15) is 5.10 Å². The van der Waals surface area contributed by atoms with Crippen molar-refractivity contribution in [3.63, 3.8) is 0 Å². The van der Waals surface area contributed by atoms with Crippen LogP contribution in [0.25, 0.3) is 5.69 Å². The molecule has 0 bridgehead atoms. The molecule has 0 amide bonds. The van der Waals surface area contributed by atoms with Gasteiger partial charge in [0, 0.05) is 15.4 Å². The van der Waals surface area contributed by atoms with E-state index in [2.05, 4.69) is 27.7 Å². The SMILES string of the molecule is CS(=O)(=O)c1ccc(-n2ncc(C(=O)c3cccc(I)c3)c2N)cc1. The molecule has 0 saturated carbocycles. The van der Waals surface area contributed by atoms with Gasteiger partial charge >= 0.3 is 0 Å². The van der Waals surface area contributed by atoms with Crippen molar-refractivity contribution in [2.24, 2.45) is 0 Å². The van der Waals surface area contributed by atoms with Gasteiger partial charge in [0.15, 0.2) is 15.6 Å². The van der Waals surface area contributed by atoms with Crippen molar-refractivity contribution >= 4 is 44.0 Å². The van der Waals surface area contributed by atoms with E-state index in [0.717, 1.165) is 9.83 Å². The third-order valence-corrected chi connectivity index (χ3v) is 5.45. The van der Waals surface area contributed by atoms with E-state index in [4.69, 9.17) is 5.73 Å². The van der Waals surface area contributed by atoms with Crippen LogP contribution in [0.2, 0.25) is 0 Å². The Labute approximate surface area is 158 Å². The second-order valence-electron chi connectivity index (χ2n) is 5.46. The van der Waals surface area contributed by atoms with Gasteiger partial charge in [-0.3, -0.25) is 4.79 Å². The van der Waals surface area contributed by atoms with Gasteiger partial charge in [0.2, 0.25) is 0 Å². The van der Waals surface area contributed by atoms with Crippen LogP contribution in [-0.2, 0) is 9.84 Å². The Morgan fingerprint density at radius 1 is 1.16 bits per heavy atom. The lowest BCUT2D eigenvalue weighted by atomic mass is 10.1. The van der Waals surface area contributed by atoms with Crippen molar-refractivity contribution in [3.8, 4) is 5.69 Å². The summed E-state index contributed by atoms with van der Waals surface area (Å²) in [4.78, 5) is 12.8. The molecule has 0 atom stereocenters. The van der Waals surface area contributed by atoms with Crippen LogP contribution >= 0.6 is 22.6 Å². The molecule has 0 radical (unpaired) electrons. The summed E-state index contributed by atoms with van der Waals surface area (Å²) in [6.45, 7) is 0. The number of benzene rings is 2. The maximum atomic E-state index is 12.6. The minimum Gasteiger partial charge on any atom is -0.383 e. The number of nitrogens with zero attached hydrogens (tertiary/aromatic N) is 2. The first-order chi connectivity index (χ1) is 11.8. The molecule has 0 spiro atoms. The van der Waals surface area contributed by atoms with Crippen LogP contribution in [0, 0.1) is 3.57 Å². The number of carbonyl (C=O) groups excluding carboxylic acids is 1. The van der Waals surface area contributed by atoms with Crippen molar-refractivity contribution < 1.29 is 13.2 Å². The lowest BCUT2D eigenvalue weighted by Gasteiger charge is -2.06. The summed E-state index contributed by atoms with van der Waals surface area (Å²) in [6.07, 6.45) is 2.56. The second kappa shape index (κ2) is 6.60. The molecule has 0 saturated heterocycles. The number of nitrogens with two attached hydrogens (primary N) is 1. The number of aromatic nitrogens is 2. The van der Waals surface area contributed by atoms with E-state index in [-0.39, 0.29) is 16.5 Å². The largest absolute Gasteiger partial charge is 0.383 e. The van der Waals surface area contributed by atoms with Crippen molar-refractivity contribution in [1.82, 2.24) is 9.78 Å². The van der Waals surface area contributed by atoms with Crippen molar-refractivity contribution in [2.45, 2.75) is 4.90 Å². The summed E-state index contributed by atoms with van der Waals surface area (Å²) in [7, 11) is -3.28. The maximum absolute atomic E-state index is 12.6. The molecule has 6 nitrogen and oxygen atoms in total. The zero-order chi connectivity index (χ0) is 18.2. The van der Waals surface area contributed by atoms with E-state index in [9.17, 15) is 13.2 Å². The highest BCUT2D eigenvalue weighted by Crippen LogP contribution is 2.22. The first-order valence-corrected chi connectivity index (χ1v) is 10.2. The topological polar surface area (TPSA) is 95.0 Å². The van der Waals surface area contributed by atoms with Gasteiger partial charge in [0.1, 0.15) is 5.82 Å². The molecule has 1 heterocycles. The molecule has 0 fully saturated rings. The molecule has 1 aromatic heterocycles. The van der Waals surface area contributed by atoms with E-state index >= 15 is 0 Å². The van der Waals surface area contributed by atoms with Gasteiger partial charge in [0.25, 0.3) is 0 Å². The molecular weight excluding hydrogens is 453 g/mol. The Kier molecular flexibility index (Phi) is 4.65. The highest BCUT2D eigenvalue weighted by molar-refractivity contribution is 14.1. The third kappa shape index (κ3) is 3.59. The number of ketones is 1. The molecule has 3 rings (SSSR count). The predicted octanol–water partition coefficient (Wildman–Crippen LogP) is 2.69. The molecule has 2 N–H and O–H groups in total. The number of nitrogen functional groups attached to an aromatic ring is 1. The Hall–Kier alpha value is -2.20. The van der Waals surface area contributed by atoms with Crippen LogP contribution in [0.4, 0.5) is 5.82 Å². The van der Waals surface area contributed by atoms with Crippen molar-refractivity contribution in [1.29, 1.82) is 0 Å². The molecule has 2 aromatic carbocycles. The highest BCUT2D eigenvalue weighted by Gasteiger charge is 2.18. The third-order valence-electron chi connectivity index (χ3n) is 3.65. The molecular formula is C17H14IN3O3S. The minimum atomic E-state index is -3.28. The number of hydrogen-bond acceptors (Lipinski definition) is 5. The van der Waals surface area contributed by atoms with Gasteiger partial charge in [0.05, 0.1) is 22.3 Å². The van der Waals surface area contributed by atoms with E-state index in [0.29, 0.717) is 16.8 Å². The normalized spacial score (nSPS) is 11.4. The number of hydrogen-bond donors (Lipinski definition) is 1. The number of halogens is 1. The molecule has 8 heteroatoms. The van der Waals surface area contributed by atoms with Crippen LogP contribution in [0.1, 0.15) is 15.9 Å². The minimum absolute atomic E-state index is 0.205. The number of anilines is 1. The molecule has 0 aliphatic heterocycles. The lowest BCUT2D eigenvalue weighted by Crippen LogP contribution is -2.07. The second-order valence-corrected chi connectivity index (χ2v) is 8.72. The van der Waals surface area contributed by atoms with Gasteiger partial charge < -0.3 is 5.73 Å². The summed E-state index contributed by atoms with van der Waals surface area (Å²) in [6, 6.07) is 13.4. The number of rotatable bonds is 4. The molecule has 25 heavy (non-hydrogen) atoms. The van der Waals surface area contributed by atoms with Crippen molar-refractivity contribution in [3.05, 3.63) is 69.4 Å².